The lowest BCUT2D eigenvalue weighted by atomic mass is 9.88. The zero-order chi connectivity index (χ0) is 19.1. The van der Waals surface area contributed by atoms with E-state index < -0.39 is 0 Å². The highest BCUT2D eigenvalue weighted by atomic mass is 32.1. The standard InChI is InChI=1S/C22H25FN4S/c1-15-2-7-19-18(12-15)20-21(24-14-25-22(20)28-19)27-10-8-26(9-11-27)13-16-3-5-17(23)6-4-16/h3-6,14-15H,2,7-13H2,1H3. The number of halogens is 1. The van der Waals surface area contributed by atoms with Crippen LogP contribution in [0.5, 0.6) is 0 Å². The maximum absolute atomic E-state index is 13.1. The van der Waals surface area contributed by atoms with Crippen molar-refractivity contribution in [2.45, 2.75) is 32.7 Å². The van der Waals surface area contributed by atoms with Crippen LogP contribution in [-0.4, -0.2) is 41.0 Å². The van der Waals surface area contributed by atoms with Crippen molar-refractivity contribution in [3.05, 3.63) is 52.4 Å². The molecule has 1 saturated heterocycles. The van der Waals surface area contributed by atoms with Crippen LogP contribution < -0.4 is 4.90 Å². The number of fused-ring (bicyclic) bond motifs is 3. The van der Waals surface area contributed by atoms with Gasteiger partial charge >= 0.3 is 0 Å². The molecule has 28 heavy (non-hydrogen) atoms. The summed E-state index contributed by atoms with van der Waals surface area (Å²) in [5.41, 5.74) is 2.67. The van der Waals surface area contributed by atoms with Gasteiger partial charge in [0.05, 0.1) is 5.39 Å². The average molecular weight is 397 g/mol. The summed E-state index contributed by atoms with van der Waals surface area (Å²) in [5.74, 6) is 1.69. The minimum Gasteiger partial charge on any atom is -0.353 e. The lowest BCUT2D eigenvalue weighted by Gasteiger charge is -2.35. The van der Waals surface area contributed by atoms with E-state index in [0.29, 0.717) is 0 Å². The Morgan fingerprint density at radius 1 is 1.11 bits per heavy atom. The van der Waals surface area contributed by atoms with Gasteiger partial charge in [-0.3, -0.25) is 4.90 Å². The summed E-state index contributed by atoms with van der Waals surface area (Å²) >= 11 is 1.86. The normalized spacial score (nSPS) is 20.5. The molecule has 1 aliphatic heterocycles. The molecule has 0 spiro atoms. The molecule has 0 N–H and O–H groups in total. The van der Waals surface area contributed by atoms with Crippen LogP contribution in [-0.2, 0) is 19.4 Å². The summed E-state index contributed by atoms with van der Waals surface area (Å²) in [4.78, 5) is 16.8. The minimum absolute atomic E-state index is 0.172. The maximum atomic E-state index is 13.1. The highest BCUT2D eigenvalue weighted by Crippen LogP contribution is 2.40. The Hall–Kier alpha value is -2.05. The first-order valence-electron chi connectivity index (χ1n) is 10.1. The van der Waals surface area contributed by atoms with Gasteiger partial charge in [-0.25, -0.2) is 14.4 Å². The third-order valence-electron chi connectivity index (χ3n) is 6.06. The minimum atomic E-state index is -0.172. The predicted octanol–water partition coefficient (Wildman–Crippen LogP) is 4.28. The molecule has 1 aromatic carbocycles. The number of hydrogen-bond donors (Lipinski definition) is 0. The van der Waals surface area contributed by atoms with Crippen molar-refractivity contribution in [2.75, 3.05) is 31.1 Å². The predicted molar refractivity (Wildman–Crippen MR) is 112 cm³/mol. The largest absolute Gasteiger partial charge is 0.353 e. The van der Waals surface area contributed by atoms with E-state index in [-0.39, 0.29) is 5.82 Å². The number of thiophene rings is 1. The molecule has 0 saturated carbocycles. The number of piperazine rings is 1. The molecule has 3 heterocycles. The first-order valence-corrected chi connectivity index (χ1v) is 11.0. The number of aryl methyl sites for hydroxylation is 1. The summed E-state index contributed by atoms with van der Waals surface area (Å²) in [6, 6.07) is 6.86. The number of hydrogen-bond acceptors (Lipinski definition) is 5. The van der Waals surface area contributed by atoms with Gasteiger partial charge < -0.3 is 4.90 Å². The van der Waals surface area contributed by atoms with E-state index in [1.165, 1.54) is 34.2 Å². The lowest BCUT2D eigenvalue weighted by Crippen LogP contribution is -2.46. The van der Waals surface area contributed by atoms with E-state index in [1.54, 1.807) is 18.5 Å². The molecule has 0 amide bonds. The summed E-state index contributed by atoms with van der Waals surface area (Å²) < 4.78 is 13.1. The summed E-state index contributed by atoms with van der Waals surface area (Å²) in [5, 5.41) is 1.31. The fourth-order valence-electron chi connectivity index (χ4n) is 4.47. The van der Waals surface area contributed by atoms with Crippen molar-refractivity contribution in [1.29, 1.82) is 0 Å². The highest BCUT2D eigenvalue weighted by molar-refractivity contribution is 7.19. The molecule has 1 fully saturated rings. The number of aromatic nitrogens is 2. The van der Waals surface area contributed by atoms with E-state index in [2.05, 4.69) is 21.7 Å². The summed E-state index contributed by atoms with van der Waals surface area (Å²) in [6.45, 7) is 7.14. The van der Waals surface area contributed by atoms with E-state index >= 15 is 0 Å². The Balaban J connectivity index is 1.34. The van der Waals surface area contributed by atoms with Crippen molar-refractivity contribution in [2.24, 2.45) is 5.92 Å². The highest BCUT2D eigenvalue weighted by Gasteiger charge is 2.26. The Morgan fingerprint density at radius 3 is 2.68 bits per heavy atom. The fourth-order valence-corrected chi connectivity index (χ4v) is 5.65. The molecule has 6 heteroatoms. The van der Waals surface area contributed by atoms with Crippen molar-refractivity contribution in [3.8, 4) is 0 Å². The van der Waals surface area contributed by atoms with Crippen LogP contribution in [0.1, 0.15) is 29.3 Å². The number of nitrogens with zero attached hydrogens (tertiary/aromatic N) is 4. The number of rotatable bonds is 3. The van der Waals surface area contributed by atoms with Gasteiger partial charge in [-0.2, -0.15) is 0 Å². The zero-order valence-corrected chi connectivity index (χ0v) is 17.0. The van der Waals surface area contributed by atoms with Gasteiger partial charge in [0.25, 0.3) is 0 Å². The van der Waals surface area contributed by atoms with Crippen LogP contribution in [0.2, 0.25) is 0 Å². The Bertz CT molecular complexity index is 976. The number of benzene rings is 1. The van der Waals surface area contributed by atoms with Gasteiger partial charge in [0.2, 0.25) is 0 Å². The zero-order valence-electron chi connectivity index (χ0n) is 16.2. The molecule has 2 aliphatic rings. The Labute approximate surface area is 169 Å². The fraction of sp³-hybridized carbons (Fsp3) is 0.455. The van der Waals surface area contributed by atoms with Crippen molar-refractivity contribution in [3.63, 3.8) is 0 Å². The van der Waals surface area contributed by atoms with Gasteiger partial charge in [0.15, 0.2) is 0 Å². The van der Waals surface area contributed by atoms with Crippen molar-refractivity contribution >= 4 is 27.4 Å². The molecule has 1 atom stereocenters. The molecule has 3 aromatic rings. The van der Waals surface area contributed by atoms with Gasteiger partial charge in [-0.15, -0.1) is 11.3 Å². The van der Waals surface area contributed by atoms with E-state index in [0.717, 1.165) is 55.7 Å². The molecule has 0 bridgehead atoms. The molecule has 146 valence electrons. The molecule has 5 rings (SSSR count). The second-order valence-corrected chi connectivity index (χ2v) is 9.20. The molecule has 2 aromatic heterocycles. The van der Waals surface area contributed by atoms with Gasteiger partial charge in [-0.05, 0) is 48.4 Å². The van der Waals surface area contributed by atoms with Crippen LogP contribution in [0.4, 0.5) is 10.2 Å². The van der Waals surface area contributed by atoms with Gasteiger partial charge in [-0.1, -0.05) is 19.1 Å². The maximum Gasteiger partial charge on any atom is 0.141 e. The van der Waals surface area contributed by atoms with E-state index in [1.807, 2.05) is 23.5 Å². The first kappa shape index (κ1) is 18.0. The number of anilines is 1. The molecular weight excluding hydrogens is 371 g/mol. The third kappa shape index (κ3) is 3.40. The van der Waals surface area contributed by atoms with Crippen LogP contribution in [0.15, 0.2) is 30.6 Å². The molecule has 4 nitrogen and oxygen atoms in total. The van der Waals surface area contributed by atoms with Crippen LogP contribution in [0, 0.1) is 11.7 Å². The lowest BCUT2D eigenvalue weighted by molar-refractivity contribution is 0.249. The molecule has 0 radical (unpaired) electrons. The van der Waals surface area contributed by atoms with Gasteiger partial charge in [0, 0.05) is 37.6 Å². The average Bonchev–Trinajstić information content (AvgIpc) is 3.08. The van der Waals surface area contributed by atoms with Crippen LogP contribution in [0.3, 0.4) is 0 Å². The van der Waals surface area contributed by atoms with Crippen LogP contribution in [0.25, 0.3) is 10.2 Å². The van der Waals surface area contributed by atoms with Crippen LogP contribution >= 0.6 is 11.3 Å². The van der Waals surface area contributed by atoms with Crippen molar-refractivity contribution in [1.82, 2.24) is 14.9 Å². The smallest absolute Gasteiger partial charge is 0.141 e. The molecular formula is C22H25FN4S. The molecule has 1 aliphatic carbocycles. The summed E-state index contributed by atoms with van der Waals surface area (Å²) in [7, 11) is 0. The second kappa shape index (κ2) is 7.41. The second-order valence-electron chi connectivity index (χ2n) is 8.12. The van der Waals surface area contributed by atoms with Crippen molar-refractivity contribution < 1.29 is 4.39 Å². The third-order valence-corrected chi connectivity index (χ3v) is 7.26. The molecule has 1 unspecified atom stereocenters. The Morgan fingerprint density at radius 2 is 1.89 bits per heavy atom. The van der Waals surface area contributed by atoms with E-state index in [4.69, 9.17) is 4.98 Å². The van der Waals surface area contributed by atoms with Gasteiger partial charge in [0.1, 0.15) is 22.8 Å². The quantitative estimate of drug-likeness (QED) is 0.662. The topological polar surface area (TPSA) is 32.3 Å². The SMILES string of the molecule is CC1CCc2sc3ncnc(N4CCN(Cc5ccc(F)cc5)CC4)c3c2C1. The Kier molecular flexibility index (Phi) is 4.77. The first-order chi connectivity index (χ1) is 13.7. The summed E-state index contributed by atoms with van der Waals surface area (Å²) in [6.07, 6.45) is 5.35. The van der Waals surface area contributed by atoms with E-state index in [9.17, 15) is 4.39 Å². The monoisotopic (exact) mass is 396 g/mol.